The van der Waals surface area contributed by atoms with Gasteiger partial charge in [0.25, 0.3) is 5.91 Å². The Bertz CT molecular complexity index is 880. The lowest BCUT2D eigenvalue weighted by atomic mass is 10.2. The number of hydrogen-bond donors (Lipinski definition) is 0. The average Bonchev–Trinajstić information content (AvgIpc) is 3.19. The van der Waals surface area contributed by atoms with Crippen LogP contribution in [0.1, 0.15) is 16.1 Å². The SMILES string of the molecule is O=C(c1cc2sccc2n1Cc1ccccc1F)N1CCOCC1. The monoisotopic (exact) mass is 344 g/mol. The molecule has 0 aliphatic carbocycles. The summed E-state index contributed by atoms with van der Waals surface area (Å²) in [6, 6.07) is 10.6. The molecular formula is C18H17FN2O2S. The Labute approximate surface area is 143 Å². The third-order valence-corrected chi connectivity index (χ3v) is 5.18. The molecule has 0 unspecified atom stereocenters. The van der Waals surface area contributed by atoms with E-state index in [1.165, 1.54) is 6.07 Å². The molecule has 6 heteroatoms. The van der Waals surface area contributed by atoms with E-state index in [4.69, 9.17) is 4.74 Å². The first-order valence-electron chi connectivity index (χ1n) is 7.91. The fraction of sp³-hybridized carbons (Fsp3) is 0.278. The summed E-state index contributed by atoms with van der Waals surface area (Å²) in [5.74, 6) is -0.266. The predicted octanol–water partition coefficient (Wildman–Crippen LogP) is 3.36. The Hall–Kier alpha value is -2.18. The van der Waals surface area contributed by atoms with Gasteiger partial charge in [0, 0.05) is 18.7 Å². The summed E-state index contributed by atoms with van der Waals surface area (Å²) in [7, 11) is 0. The smallest absolute Gasteiger partial charge is 0.270 e. The Morgan fingerprint density at radius 3 is 2.79 bits per heavy atom. The van der Waals surface area contributed by atoms with E-state index in [1.54, 1.807) is 28.4 Å². The number of carbonyl (C=O) groups is 1. The van der Waals surface area contributed by atoms with Crippen molar-refractivity contribution in [2.45, 2.75) is 6.54 Å². The van der Waals surface area contributed by atoms with Crippen LogP contribution in [-0.4, -0.2) is 41.7 Å². The van der Waals surface area contributed by atoms with E-state index in [9.17, 15) is 9.18 Å². The molecule has 3 heterocycles. The van der Waals surface area contributed by atoms with Gasteiger partial charge in [-0.15, -0.1) is 11.3 Å². The van der Waals surface area contributed by atoms with Crippen LogP contribution in [0.2, 0.25) is 0 Å². The minimum absolute atomic E-state index is 0.0157. The first-order valence-corrected chi connectivity index (χ1v) is 8.79. The molecule has 124 valence electrons. The van der Waals surface area contributed by atoms with E-state index >= 15 is 0 Å². The van der Waals surface area contributed by atoms with Crippen molar-refractivity contribution in [1.29, 1.82) is 0 Å². The molecule has 0 spiro atoms. The summed E-state index contributed by atoms with van der Waals surface area (Å²) >= 11 is 1.59. The summed E-state index contributed by atoms with van der Waals surface area (Å²) in [4.78, 5) is 14.7. The van der Waals surface area contributed by atoms with Crippen LogP contribution in [0.4, 0.5) is 4.39 Å². The highest BCUT2D eigenvalue weighted by Crippen LogP contribution is 2.27. The van der Waals surface area contributed by atoms with E-state index in [2.05, 4.69) is 0 Å². The number of halogens is 1. The van der Waals surface area contributed by atoms with Gasteiger partial charge in [0.1, 0.15) is 11.5 Å². The van der Waals surface area contributed by atoms with Crippen molar-refractivity contribution in [2.75, 3.05) is 26.3 Å². The van der Waals surface area contributed by atoms with Crippen LogP contribution in [-0.2, 0) is 11.3 Å². The number of morpholine rings is 1. The van der Waals surface area contributed by atoms with Gasteiger partial charge in [-0.05, 0) is 23.6 Å². The second kappa shape index (κ2) is 6.37. The van der Waals surface area contributed by atoms with Crippen molar-refractivity contribution < 1.29 is 13.9 Å². The van der Waals surface area contributed by atoms with Gasteiger partial charge in [-0.25, -0.2) is 4.39 Å². The van der Waals surface area contributed by atoms with Gasteiger partial charge < -0.3 is 14.2 Å². The molecule has 0 bridgehead atoms. The van der Waals surface area contributed by atoms with Crippen LogP contribution in [0.15, 0.2) is 41.8 Å². The number of fused-ring (bicyclic) bond motifs is 1. The molecule has 0 N–H and O–H groups in total. The number of thiophene rings is 1. The number of aromatic nitrogens is 1. The Morgan fingerprint density at radius 1 is 1.21 bits per heavy atom. The summed E-state index contributed by atoms with van der Waals surface area (Å²) in [6.07, 6.45) is 0. The number of amides is 1. The van der Waals surface area contributed by atoms with Crippen molar-refractivity contribution in [3.05, 3.63) is 58.9 Å². The number of hydrogen-bond acceptors (Lipinski definition) is 3. The predicted molar refractivity (Wildman–Crippen MR) is 92.0 cm³/mol. The fourth-order valence-electron chi connectivity index (χ4n) is 3.05. The van der Waals surface area contributed by atoms with Crippen LogP contribution in [0.25, 0.3) is 10.2 Å². The zero-order valence-corrected chi connectivity index (χ0v) is 13.9. The van der Waals surface area contributed by atoms with Crippen molar-refractivity contribution >= 4 is 27.5 Å². The van der Waals surface area contributed by atoms with Crippen molar-refractivity contribution in [2.24, 2.45) is 0 Å². The summed E-state index contributed by atoms with van der Waals surface area (Å²) < 4.78 is 22.4. The standard InChI is InChI=1S/C18H17FN2O2S/c19-14-4-2-1-3-13(14)12-21-15-5-10-24-17(15)11-16(21)18(22)20-6-8-23-9-7-20/h1-5,10-11H,6-9,12H2. The number of ether oxygens (including phenoxy) is 1. The summed E-state index contributed by atoms with van der Waals surface area (Å²) in [6.45, 7) is 2.66. The number of rotatable bonds is 3. The second-order valence-corrected chi connectivity index (χ2v) is 6.73. The van der Waals surface area contributed by atoms with E-state index in [0.29, 0.717) is 44.1 Å². The fourth-order valence-corrected chi connectivity index (χ4v) is 3.87. The number of nitrogens with zero attached hydrogens (tertiary/aromatic N) is 2. The van der Waals surface area contributed by atoms with E-state index in [-0.39, 0.29) is 11.7 Å². The molecule has 1 aliphatic rings. The Kier molecular flexibility index (Phi) is 4.08. The number of carbonyl (C=O) groups excluding carboxylic acids is 1. The normalized spacial score (nSPS) is 15.1. The van der Waals surface area contributed by atoms with Gasteiger partial charge in [-0.3, -0.25) is 4.79 Å². The molecule has 0 atom stereocenters. The molecule has 1 amide bonds. The zero-order valence-electron chi connectivity index (χ0n) is 13.1. The third kappa shape index (κ3) is 2.72. The van der Waals surface area contributed by atoms with Crippen molar-refractivity contribution in [3.63, 3.8) is 0 Å². The molecule has 1 aromatic carbocycles. The minimum atomic E-state index is -0.251. The van der Waals surface area contributed by atoms with Crippen molar-refractivity contribution in [3.8, 4) is 0 Å². The van der Waals surface area contributed by atoms with Gasteiger partial charge in [-0.2, -0.15) is 0 Å². The Morgan fingerprint density at radius 2 is 2.00 bits per heavy atom. The highest BCUT2D eigenvalue weighted by Gasteiger charge is 2.24. The first-order chi connectivity index (χ1) is 11.7. The highest BCUT2D eigenvalue weighted by atomic mass is 32.1. The quantitative estimate of drug-likeness (QED) is 0.730. The summed E-state index contributed by atoms with van der Waals surface area (Å²) in [5.41, 5.74) is 2.17. The lowest BCUT2D eigenvalue weighted by Gasteiger charge is -2.27. The third-order valence-electron chi connectivity index (χ3n) is 4.33. The van der Waals surface area contributed by atoms with Crippen LogP contribution in [0, 0.1) is 5.82 Å². The lowest BCUT2D eigenvalue weighted by Crippen LogP contribution is -2.41. The molecule has 4 rings (SSSR count). The van der Waals surface area contributed by atoms with Crippen molar-refractivity contribution in [1.82, 2.24) is 9.47 Å². The molecule has 0 saturated carbocycles. The molecule has 24 heavy (non-hydrogen) atoms. The van der Waals surface area contributed by atoms with E-state index in [0.717, 1.165) is 10.2 Å². The van der Waals surface area contributed by atoms with Crippen LogP contribution in [0.3, 0.4) is 0 Å². The van der Waals surface area contributed by atoms with Crippen LogP contribution in [0.5, 0.6) is 0 Å². The highest BCUT2D eigenvalue weighted by molar-refractivity contribution is 7.17. The average molecular weight is 344 g/mol. The molecule has 3 aromatic rings. The maximum atomic E-state index is 14.1. The molecule has 1 aliphatic heterocycles. The first kappa shape index (κ1) is 15.4. The second-order valence-electron chi connectivity index (χ2n) is 5.78. The van der Waals surface area contributed by atoms with Gasteiger partial charge >= 0.3 is 0 Å². The molecule has 1 saturated heterocycles. The molecule has 2 aromatic heterocycles. The van der Waals surface area contributed by atoms with Gasteiger partial charge in [0.2, 0.25) is 0 Å². The topological polar surface area (TPSA) is 34.5 Å². The molecular weight excluding hydrogens is 327 g/mol. The molecule has 0 radical (unpaired) electrons. The van der Waals surface area contributed by atoms with Gasteiger partial charge in [-0.1, -0.05) is 18.2 Å². The van der Waals surface area contributed by atoms with E-state index in [1.807, 2.05) is 28.1 Å². The van der Waals surface area contributed by atoms with Crippen LogP contribution < -0.4 is 0 Å². The van der Waals surface area contributed by atoms with Gasteiger partial charge in [0.15, 0.2) is 0 Å². The summed E-state index contributed by atoms with van der Waals surface area (Å²) in [5, 5.41) is 1.99. The minimum Gasteiger partial charge on any atom is -0.378 e. The largest absolute Gasteiger partial charge is 0.378 e. The zero-order chi connectivity index (χ0) is 16.5. The number of benzene rings is 1. The lowest BCUT2D eigenvalue weighted by molar-refractivity contribution is 0.0296. The Balaban J connectivity index is 1.74. The van der Waals surface area contributed by atoms with E-state index < -0.39 is 0 Å². The maximum Gasteiger partial charge on any atom is 0.270 e. The molecule has 1 fully saturated rings. The molecule has 4 nitrogen and oxygen atoms in total. The van der Waals surface area contributed by atoms with Gasteiger partial charge in [0.05, 0.1) is 30.0 Å². The van der Waals surface area contributed by atoms with Crippen LogP contribution >= 0.6 is 11.3 Å². The maximum absolute atomic E-state index is 14.1.